The summed E-state index contributed by atoms with van der Waals surface area (Å²) in [6.07, 6.45) is -4.26. The van der Waals surface area contributed by atoms with E-state index < -0.39 is 140 Å². The number of likely N-dealkylation sites (tertiary alicyclic amines) is 1. The van der Waals surface area contributed by atoms with Gasteiger partial charge in [-0.3, -0.25) is 43.2 Å². The predicted molar refractivity (Wildman–Crippen MR) is 195 cm³/mol. The fourth-order valence-corrected chi connectivity index (χ4v) is 5.76. The minimum absolute atomic E-state index is 0.0169. The third kappa shape index (κ3) is 14.9. The second-order valence-electron chi connectivity index (χ2n) is 13.4. The van der Waals surface area contributed by atoms with Crippen molar-refractivity contribution < 1.29 is 73.5 Å². The minimum Gasteiger partial charge on any atom is -0.508 e. The van der Waals surface area contributed by atoms with Gasteiger partial charge in [0.15, 0.2) is 6.04 Å². The maximum atomic E-state index is 13.9. The Morgan fingerprint density at radius 2 is 1.33 bits per heavy atom. The van der Waals surface area contributed by atoms with Gasteiger partial charge in [-0.1, -0.05) is 12.1 Å². The van der Waals surface area contributed by atoms with E-state index in [9.17, 15) is 73.5 Å². The maximum Gasteiger partial charge on any atom is 0.328 e. The molecule has 1 saturated heterocycles. The van der Waals surface area contributed by atoms with Gasteiger partial charge in [-0.05, 0) is 43.9 Å². The average Bonchev–Trinajstić information content (AvgIpc) is 3.63. The van der Waals surface area contributed by atoms with E-state index in [2.05, 4.69) is 21.3 Å². The normalized spacial score (nSPS) is 17.2. The van der Waals surface area contributed by atoms with Gasteiger partial charge in [-0.15, -0.1) is 0 Å². The van der Waals surface area contributed by atoms with Gasteiger partial charge in [0.25, 0.3) is 0 Å². The highest BCUT2D eigenvalue weighted by Crippen LogP contribution is 2.20. The molecule has 320 valence electrons. The molecule has 24 heteroatoms. The van der Waals surface area contributed by atoms with E-state index >= 15 is 0 Å². The summed E-state index contributed by atoms with van der Waals surface area (Å²) in [5, 5.41) is 58.6. The summed E-state index contributed by atoms with van der Waals surface area (Å²) < 4.78 is 0. The van der Waals surface area contributed by atoms with E-state index in [1.54, 1.807) is 0 Å². The number of benzene rings is 1. The van der Waals surface area contributed by atoms with Crippen molar-refractivity contribution in [3.63, 3.8) is 0 Å². The summed E-state index contributed by atoms with van der Waals surface area (Å²) in [5.41, 5.74) is 16.7. The Morgan fingerprint density at radius 3 is 1.86 bits per heavy atom. The molecule has 0 bridgehead atoms. The molecule has 24 nitrogen and oxygen atoms in total. The lowest BCUT2D eigenvalue weighted by molar-refractivity contribution is -0.145. The largest absolute Gasteiger partial charge is 0.508 e. The SMILES string of the molecule is C[C@@H](O)[C@H](NC(=O)[C@@H](CO)NC(=O)[C@H](CCC(=O)O)NC(=O)[C@@H]1CCCN1C(=O)[C@@H](CC(N)=O)NC(=O)[C@@H](Cc1ccc(O)cc1)NC(=O)[C@@H](N)CC(N)=O)C(=O)O. The number of rotatable bonds is 23. The van der Waals surface area contributed by atoms with Crippen LogP contribution in [0.2, 0.25) is 0 Å². The van der Waals surface area contributed by atoms with Crippen molar-refractivity contribution in [1.29, 1.82) is 0 Å². The Kier molecular flexibility index (Phi) is 18.4. The molecule has 0 aromatic heterocycles. The van der Waals surface area contributed by atoms with Crippen LogP contribution in [-0.2, 0) is 54.4 Å². The second-order valence-corrected chi connectivity index (χ2v) is 13.4. The third-order valence-corrected chi connectivity index (χ3v) is 8.77. The first-order valence-electron chi connectivity index (χ1n) is 17.8. The van der Waals surface area contributed by atoms with Crippen LogP contribution >= 0.6 is 0 Å². The third-order valence-electron chi connectivity index (χ3n) is 8.77. The molecular weight excluding hydrogens is 774 g/mol. The van der Waals surface area contributed by atoms with Crippen molar-refractivity contribution in [2.24, 2.45) is 17.2 Å². The number of carbonyl (C=O) groups excluding carboxylic acids is 8. The first-order valence-corrected chi connectivity index (χ1v) is 17.8. The number of nitrogens with zero attached hydrogens (tertiary/aromatic N) is 1. The summed E-state index contributed by atoms with van der Waals surface area (Å²) in [6.45, 7) is -0.127. The van der Waals surface area contributed by atoms with Gasteiger partial charge in [0.2, 0.25) is 47.3 Å². The molecule has 16 N–H and O–H groups in total. The van der Waals surface area contributed by atoms with Crippen LogP contribution in [0.5, 0.6) is 5.75 Å². The van der Waals surface area contributed by atoms with E-state index in [-0.39, 0.29) is 31.6 Å². The van der Waals surface area contributed by atoms with Crippen LogP contribution in [0.25, 0.3) is 0 Å². The first kappa shape index (κ1) is 47.8. The number of carbonyl (C=O) groups is 10. The highest BCUT2D eigenvalue weighted by atomic mass is 16.4. The number of phenolic OH excluding ortho intramolecular Hbond substituents is 1. The molecule has 2 rings (SSSR count). The van der Waals surface area contributed by atoms with Gasteiger partial charge in [-0.25, -0.2) is 4.79 Å². The van der Waals surface area contributed by atoms with Crippen molar-refractivity contribution >= 4 is 59.2 Å². The number of aromatic hydroxyl groups is 1. The summed E-state index contributed by atoms with van der Waals surface area (Å²) in [7, 11) is 0. The number of primary amides is 2. The van der Waals surface area contributed by atoms with Crippen molar-refractivity contribution in [2.75, 3.05) is 13.2 Å². The molecule has 1 aromatic rings. The lowest BCUT2D eigenvalue weighted by atomic mass is 10.0. The van der Waals surface area contributed by atoms with Gasteiger partial charge in [0.05, 0.1) is 31.6 Å². The Labute approximate surface area is 330 Å². The van der Waals surface area contributed by atoms with Crippen molar-refractivity contribution in [3.8, 4) is 5.75 Å². The quantitative estimate of drug-likeness (QED) is 0.0488. The number of aliphatic hydroxyl groups is 2. The number of phenols is 1. The lowest BCUT2D eigenvalue weighted by Crippen LogP contribution is -2.60. The molecule has 0 saturated carbocycles. The van der Waals surface area contributed by atoms with Gasteiger partial charge >= 0.3 is 11.9 Å². The zero-order chi connectivity index (χ0) is 43.9. The number of aliphatic carboxylic acids is 2. The Balaban J connectivity index is 2.32. The zero-order valence-electron chi connectivity index (χ0n) is 31.3. The molecule has 0 unspecified atom stereocenters. The predicted octanol–water partition coefficient (Wildman–Crippen LogP) is -6.25. The fraction of sp³-hybridized carbons (Fsp3) is 0.529. The number of hydrogen-bond acceptors (Lipinski definition) is 14. The number of carboxylic acids is 2. The number of nitrogens with two attached hydrogens (primary N) is 3. The lowest BCUT2D eigenvalue weighted by Gasteiger charge is -2.30. The summed E-state index contributed by atoms with van der Waals surface area (Å²) in [5.74, 6) is -11.5. The topological polar surface area (TPSA) is 413 Å². The van der Waals surface area contributed by atoms with Crippen LogP contribution in [0.3, 0.4) is 0 Å². The number of hydrogen-bond donors (Lipinski definition) is 13. The van der Waals surface area contributed by atoms with Crippen molar-refractivity contribution in [1.82, 2.24) is 31.5 Å². The zero-order valence-corrected chi connectivity index (χ0v) is 31.3. The van der Waals surface area contributed by atoms with Gasteiger partial charge < -0.3 is 74.2 Å². The van der Waals surface area contributed by atoms with Gasteiger partial charge in [0, 0.05) is 19.4 Å². The summed E-state index contributed by atoms with van der Waals surface area (Å²) >= 11 is 0. The summed E-state index contributed by atoms with van der Waals surface area (Å²) in [4.78, 5) is 127. The molecule has 1 aliphatic heterocycles. The van der Waals surface area contributed by atoms with Crippen LogP contribution in [0.1, 0.15) is 51.0 Å². The highest BCUT2D eigenvalue weighted by molar-refractivity contribution is 5.99. The Morgan fingerprint density at radius 1 is 0.776 bits per heavy atom. The molecular formula is C34H49N9O15. The van der Waals surface area contributed by atoms with Crippen LogP contribution in [0, 0.1) is 0 Å². The maximum absolute atomic E-state index is 13.9. The van der Waals surface area contributed by atoms with Gasteiger partial charge in [0.1, 0.15) is 36.0 Å². The average molecular weight is 824 g/mol. The van der Waals surface area contributed by atoms with Crippen LogP contribution in [0.4, 0.5) is 0 Å². The molecule has 8 atom stereocenters. The molecule has 1 fully saturated rings. The standard InChI is InChI=1S/C34H49N9O15/c1-15(45)27(34(57)58)42-31(54)22(14-44)41-29(52)19(8-9-26(49)50)38-32(55)23-3-2-10-43(23)33(56)21(13-25(37)48)40-30(53)20(11-16-4-6-17(46)7-5-16)39-28(51)18(35)12-24(36)47/h4-7,15,18-23,27,44-46H,2-3,8-14,35H2,1H3,(H2,36,47)(H2,37,48)(H,38,55)(H,39,51)(H,40,53)(H,41,52)(H,42,54)(H,49,50)(H,57,58)/t15-,18+,19+,20-,21-,22-,23+,27+/m1/s1. The number of carboxylic acid groups (broad SMARTS) is 2. The van der Waals surface area contributed by atoms with E-state index in [0.29, 0.717) is 5.56 Å². The second kappa shape index (κ2) is 22.4. The molecule has 58 heavy (non-hydrogen) atoms. The monoisotopic (exact) mass is 823 g/mol. The number of aliphatic hydroxyl groups excluding tert-OH is 2. The smallest absolute Gasteiger partial charge is 0.328 e. The molecule has 8 amide bonds. The molecule has 1 heterocycles. The Hall–Kier alpha value is -6.40. The number of amides is 8. The van der Waals surface area contributed by atoms with E-state index in [1.165, 1.54) is 24.3 Å². The van der Waals surface area contributed by atoms with Crippen LogP contribution in [-0.4, -0.2) is 151 Å². The van der Waals surface area contributed by atoms with E-state index in [1.807, 2.05) is 5.32 Å². The minimum atomic E-state index is -1.83. The van der Waals surface area contributed by atoms with Gasteiger partial charge in [-0.2, -0.15) is 0 Å². The van der Waals surface area contributed by atoms with Crippen LogP contribution < -0.4 is 43.8 Å². The van der Waals surface area contributed by atoms with E-state index in [4.69, 9.17) is 17.2 Å². The molecule has 1 aliphatic rings. The molecule has 0 spiro atoms. The number of nitrogens with one attached hydrogen (secondary N) is 5. The van der Waals surface area contributed by atoms with E-state index in [0.717, 1.165) is 11.8 Å². The Bertz CT molecular complexity index is 1710. The molecule has 0 aliphatic carbocycles. The summed E-state index contributed by atoms with van der Waals surface area (Å²) in [6, 6.07) is -5.91. The van der Waals surface area contributed by atoms with Crippen molar-refractivity contribution in [3.05, 3.63) is 29.8 Å². The first-order chi connectivity index (χ1) is 27.1. The fourth-order valence-electron chi connectivity index (χ4n) is 5.76. The van der Waals surface area contributed by atoms with Crippen LogP contribution in [0.15, 0.2) is 24.3 Å². The molecule has 1 aromatic carbocycles. The highest BCUT2D eigenvalue weighted by Gasteiger charge is 2.40. The molecule has 0 radical (unpaired) electrons. The van der Waals surface area contributed by atoms with Crippen molar-refractivity contribution in [2.45, 2.75) is 100 Å².